The first-order chi connectivity index (χ1) is 10.0. The zero-order valence-corrected chi connectivity index (χ0v) is 11.3. The normalized spacial score (nSPS) is 10.5. The second-order valence-corrected chi connectivity index (χ2v) is 4.71. The first-order valence-electron chi connectivity index (χ1n) is 6.48. The van der Waals surface area contributed by atoms with E-state index in [1.165, 1.54) is 24.3 Å². The number of phenols is 3. The maximum atomic E-state index is 12.1. The summed E-state index contributed by atoms with van der Waals surface area (Å²) in [5.74, 6) is -0.661. The van der Waals surface area contributed by atoms with Gasteiger partial charge in [0.2, 0.25) is 0 Å². The molecule has 110 valence electrons. The fourth-order valence-corrected chi connectivity index (χ4v) is 2.06. The third-order valence-electron chi connectivity index (χ3n) is 3.29. The molecule has 0 unspecified atom stereocenters. The van der Waals surface area contributed by atoms with Crippen molar-refractivity contribution < 1.29 is 25.2 Å². The molecule has 0 aliphatic rings. The molecule has 0 fully saturated rings. The van der Waals surface area contributed by atoms with E-state index in [-0.39, 0.29) is 42.5 Å². The second kappa shape index (κ2) is 6.28. The van der Waals surface area contributed by atoms with Crippen molar-refractivity contribution in [3.8, 4) is 17.2 Å². The maximum absolute atomic E-state index is 12.1. The van der Waals surface area contributed by atoms with Crippen LogP contribution in [0.5, 0.6) is 17.2 Å². The highest BCUT2D eigenvalue weighted by Gasteiger charge is 2.12. The van der Waals surface area contributed by atoms with Gasteiger partial charge >= 0.3 is 0 Å². The maximum Gasteiger partial charge on any atom is 0.163 e. The first kappa shape index (κ1) is 14.9. The molecule has 0 aliphatic heterocycles. The first-order valence-corrected chi connectivity index (χ1v) is 6.48. The summed E-state index contributed by atoms with van der Waals surface area (Å²) in [5, 5.41) is 37.6. The average Bonchev–Trinajstić information content (AvgIpc) is 2.49. The Kier molecular flexibility index (Phi) is 4.45. The molecule has 0 saturated carbocycles. The smallest absolute Gasteiger partial charge is 0.163 e. The molecule has 21 heavy (non-hydrogen) atoms. The lowest BCUT2D eigenvalue weighted by Gasteiger charge is -2.07. The van der Waals surface area contributed by atoms with Crippen molar-refractivity contribution >= 4 is 5.78 Å². The van der Waals surface area contributed by atoms with Gasteiger partial charge in [-0.25, -0.2) is 0 Å². The van der Waals surface area contributed by atoms with Crippen molar-refractivity contribution in [1.29, 1.82) is 0 Å². The molecule has 0 bridgehead atoms. The van der Waals surface area contributed by atoms with Crippen LogP contribution in [0.25, 0.3) is 0 Å². The van der Waals surface area contributed by atoms with E-state index in [1.54, 1.807) is 12.1 Å². The van der Waals surface area contributed by atoms with Crippen molar-refractivity contribution in [2.24, 2.45) is 0 Å². The Hall–Kier alpha value is -2.53. The molecule has 2 rings (SSSR count). The molecule has 0 aromatic heterocycles. The number of aromatic hydroxyl groups is 3. The molecule has 0 atom stereocenters. The minimum Gasteiger partial charge on any atom is -0.508 e. The molecule has 0 saturated heterocycles. The van der Waals surface area contributed by atoms with Crippen molar-refractivity contribution in [2.45, 2.75) is 19.4 Å². The van der Waals surface area contributed by atoms with Gasteiger partial charge in [0.05, 0.1) is 6.61 Å². The number of carbonyl (C=O) groups excluding carboxylic acids is 1. The van der Waals surface area contributed by atoms with E-state index in [1.807, 2.05) is 0 Å². The Morgan fingerprint density at radius 3 is 2.43 bits per heavy atom. The summed E-state index contributed by atoms with van der Waals surface area (Å²) >= 11 is 0. The van der Waals surface area contributed by atoms with E-state index in [9.17, 15) is 20.1 Å². The van der Waals surface area contributed by atoms with Gasteiger partial charge in [-0.2, -0.15) is 0 Å². The van der Waals surface area contributed by atoms with Crippen LogP contribution in [-0.2, 0) is 13.0 Å². The zero-order valence-electron chi connectivity index (χ0n) is 11.3. The second-order valence-electron chi connectivity index (χ2n) is 4.71. The predicted octanol–water partition coefficient (Wildman–Crippen LogP) is 2.11. The monoisotopic (exact) mass is 288 g/mol. The number of phenolic OH excluding ortho intramolecular Hbond substituents is 2. The summed E-state index contributed by atoms with van der Waals surface area (Å²) in [6.07, 6.45) is 0.432. The molecule has 4 N–H and O–H groups in total. The molecular formula is C16H16O5. The van der Waals surface area contributed by atoms with Gasteiger partial charge in [-0.1, -0.05) is 12.1 Å². The summed E-state index contributed by atoms with van der Waals surface area (Å²) in [6.45, 7) is -0.347. The topological polar surface area (TPSA) is 98.0 Å². The Morgan fingerprint density at radius 2 is 1.71 bits per heavy atom. The standard InChI is InChI=1S/C16H16O5/c17-9-12-8-11(5-7-14(12)19)13(18)6-4-10-2-1-3-15(20)16(10)21/h1-3,5,7-8,17,19-21H,4,6,9H2. The van der Waals surface area contributed by atoms with E-state index < -0.39 is 0 Å². The number of aliphatic hydroxyl groups excluding tert-OH is 1. The van der Waals surface area contributed by atoms with Crippen molar-refractivity contribution in [3.63, 3.8) is 0 Å². The number of ketones is 1. The Balaban J connectivity index is 2.10. The van der Waals surface area contributed by atoms with Crippen LogP contribution in [0, 0.1) is 0 Å². The number of aryl methyl sites for hydroxylation is 1. The molecule has 0 heterocycles. The van der Waals surface area contributed by atoms with Crippen LogP contribution in [0.15, 0.2) is 36.4 Å². The average molecular weight is 288 g/mol. The van der Waals surface area contributed by atoms with Gasteiger partial charge < -0.3 is 20.4 Å². The number of benzene rings is 2. The summed E-state index contributed by atoms with van der Waals surface area (Å²) in [4.78, 5) is 12.1. The largest absolute Gasteiger partial charge is 0.508 e. The third kappa shape index (κ3) is 3.32. The number of carbonyl (C=O) groups is 1. The van der Waals surface area contributed by atoms with Crippen LogP contribution in [0.1, 0.15) is 27.9 Å². The molecule has 0 radical (unpaired) electrons. The highest BCUT2D eigenvalue weighted by atomic mass is 16.3. The van der Waals surface area contributed by atoms with Gasteiger partial charge in [0.25, 0.3) is 0 Å². The summed E-state index contributed by atoms with van der Waals surface area (Å²) in [7, 11) is 0. The molecule has 2 aromatic rings. The number of Topliss-reactive ketones (excluding diaryl/α,β-unsaturated/α-hetero) is 1. The lowest BCUT2D eigenvalue weighted by molar-refractivity contribution is 0.0982. The van der Waals surface area contributed by atoms with Crippen LogP contribution in [0.2, 0.25) is 0 Å². The Bertz CT molecular complexity index is 664. The third-order valence-corrected chi connectivity index (χ3v) is 3.29. The van der Waals surface area contributed by atoms with Gasteiger partial charge in [0.15, 0.2) is 17.3 Å². The van der Waals surface area contributed by atoms with Crippen LogP contribution in [-0.4, -0.2) is 26.2 Å². The number of rotatable bonds is 5. The molecule has 5 heteroatoms. The van der Waals surface area contributed by atoms with Crippen LogP contribution in [0.3, 0.4) is 0 Å². The van der Waals surface area contributed by atoms with E-state index in [2.05, 4.69) is 0 Å². The Labute approximate surface area is 121 Å². The predicted molar refractivity (Wildman–Crippen MR) is 76.5 cm³/mol. The quantitative estimate of drug-likeness (QED) is 0.499. The molecule has 5 nitrogen and oxygen atoms in total. The van der Waals surface area contributed by atoms with Gasteiger partial charge in [0.1, 0.15) is 5.75 Å². The van der Waals surface area contributed by atoms with E-state index in [4.69, 9.17) is 5.11 Å². The molecule has 2 aromatic carbocycles. The van der Waals surface area contributed by atoms with Gasteiger partial charge in [-0.3, -0.25) is 4.79 Å². The molecule has 0 spiro atoms. The molecular weight excluding hydrogens is 272 g/mol. The minimum atomic E-state index is -0.347. The van der Waals surface area contributed by atoms with E-state index in [0.29, 0.717) is 16.7 Å². The lowest BCUT2D eigenvalue weighted by atomic mass is 10.0. The van der Waals surface area contributed by atoms with E-state index in [0.717, 1.165) is 0 Å². The number of aliphatic hydroxyl groups is 1. The highest BCUT2D eigenvalue weighted by molar-refractivity contribution is 5.96. The van der Waals surface area contributed by atoms with E-state index >= 15 is 0 Å². The van der Waals surface area contributed by atoms with Gasteiger partial charge in [0, 0.05) is 17.5 Å². The van der Waals surface area contributed by atoms with Gasteiger partial charge in [-0.05, 0) is 36.2 Å². The van der Waals surface area contributed by atoms with Crippen molar-refractivity contribution in [3.05, 3.63) is 53.1 Å². The van der Waals surface area contributed by atoms with Crippen molar-refractivity contribution in [2.75, 3.05) is 0 Å². The number of para-hydroxylation sites is 1. The highest BCUT2D eigenvalue weighted by Crippen LogP contribution is 2.29. The van der Waals surface area contributed by atoms with Gasteiger partial charge in [-0.15, -0.1) is 0 Å². The van der Waals surface area contributed by atoms with Crippen LogP contribution < -0.4 is 0 Å². The number of hydrogen-bond donors (Lipinski definition) is 4. The fourth-order valence-electron chi connectivity index (χ4n) is 2.06. The molecule has 0 aliphatic carbocycles. The summed E-state index contributed by atoms with van der Waals surface area (Å²) in [5.41, 5.74) is 1.17. The van der Waals surface area contributed by atoms with Crippen LogP contribution in [0.4, 0.5) is 0 Å². The molecule has 0 amide bonds. The fraction of sp³-hybridized carbons (Fsp3) is 0.188. The summed E-state index contributed by atoms with van der Waals surface area (Å²) in [6, 6.07) is 8.90. The summed E-state index contributed by atoms with van der Waals surface area (Å²) < 4.78 is 0. The lowest BCUT2D eigenvalue weighted by Crippen LogP contribution is -2.02. The Morgan fingerprint density at radius 1 is 0.952 bits per heavy atom. The SMILES string of the molecule is O=C(CCc1cccc(O)c1O)c1ccc(O)c(CO)c1. The number of hydrogen-bond acceptors (Lipinski definition) is 5. The minimum absolute atomic E-state index is 0.0559. The van der Waals surface area contributed by atoms with Crippen LogP contribution >= 0.6 is 0 Å². The van der Waals surface area contributed by atoms with Crippen molar-refractivity contribution in [1.82, 2.24) is 0 Å². The zero-order chi connectivity index (χ0) is 15.4.